The Morgan fingerprint density at radius 3 is 2.74 bits per heavy atom. The first-order valence-corrected chi connectivity index (χ1v) is 6.32. The maximum atomic E-state index is 6.05. The lowest BCUT2D eigenvalue weighted by atomic mass is 10.0. The molecule has 3 rings (SSSR count). The van der Waals surface area contributed by atoms with Crippen molar-refractivity contribution in [2.75, 3.05) is 5.73 Å². The first-order valence-electron chi connectivity index (χ1n) is 6.32. The third-order valence-electron chi connectivity index (χ3n) is 3.50. The normalized spacial score (nSPS) is 12.7. The second-order valence-corrected chi connectivity index (χ2v) is 4.72. The van der Waals surface area contributed by atoms with Crippen LogP contribution in [0.4, 0.5) is 5.95 Å². The number of nitrogen functional groups attached to an aromatic ring is 1. The van der Waals surface area contributed by atoms with Crippen molar-refractivity contribution >= 4 is 17.1 Å². The van der Waals surface area contributed by atoms with Gasteiger partial charge in [-0.1, -0.05) is 24.3 Å². The molecule has 96 valence electrons. The van der Waals surface area contributed by atoms with Gasteiger partial charge in [-0.15, -0.1) is 0 Å². The highest BCUT2D eigenvalue weighted by Crippen LogP contribution is 2.27. The fourth-order valence-electron chi connectivity index (χ4n) is 2.52. The Labute approximate surface area is 111 Å². The predicted octanol–water partition coefficient (Wildman–Crippen LogP) is 2.93. The van der Waals surface area contributed by atoms with Crippen LogP contribution in [0.2, 0.25) is 0 Å². The molecule has 0 saturated heterocycles. The highest BCUT2D eigenvalue weighted by atomic mass is 15.2. The van der Waals surface area contributed by atoms with Gasteiger partial charge in [0.2, 0.25) is 5.95 Å². The largest absolute Gasteiger partial charge is 0.369 e. The fourth-order valence-corrected chi connectivity index (χ4v) is 2.52. The molecule has 2 heterocycles. The van der Waals surface area contributed by atoms with Crippen LogP contribution in [-0.4, -0.2) is 14.5 Å². The zero-order valence-electron chi connectivity index (χ0n) is 11.0. The Morgan fingerprint density at radius 1 is 1.16 bits per heavy atom. The molecule has 4 heteroatoms. The number of imidazole rings is 1. The molecule has 1 atom stereocenters. The summed E-state index contributed by atoms with van der Waals surface area (Å²) in [6.45, 7) is 4.23. The summed E-state index contributed by atoms with van der Waals surface area (Å²) in [6.07, 6.45) is 1.77. The minimum atomic E-state index is 0.112. The van der Waals surface area contributed by atoms with E-state index in [4.69, 9.17) is 5.73 Å². The van der Waals surface area contributed by atoms with Crippen LogP contribution >= 0.6 is 0 Å². The summed E-state index contributed by atoms with van der Waals surface area (Å²) in [5.41, 5.74) is 10.2. The molecule has 4 nitrogen and oxygen atoms in total. The molecular weight excluding hydrogens is 236 g/mol. The molecule has 0 saturated carbocycles. The summed E-state index contributed by atoms with van der Waals surface area (Å²) in [5, 5.41) is 0. The molecule has 0 aliphatic heterocycles. The number of rotatable bonds is 2. The van der Waals surface area contributed by atoms with Gasteiger partial charge in [-0.2, -0.15) is 0 Å². The number of anilines is 1. The van der Waals surface area contributed by atoms with E-state index in [2.05, 4.69) is 35.9 Å². The van der Waals surface area contributed by atoms with Crippen LogP contribution < -0.4 is 5.73 Å². The Bertz CT molecular complexity index is 730. The third-order valence-corrected chi connectivity index (χ3v) is 3.50. The summed E-state index contributed by atoms with van der Waals surface area (Å²) in [5.74, 6) is 0.504. The molecule has 0 fully saturated rings. The molecule has 0 aliphatic carbocycles. The first kappa shape index (κ1) is 11.7. The van der Waals surface area contributed by atoms with E-state index in [9.17, 15) is 0 Å². The van der Waals surface area contributed by atoms with Gasteiger partial charge in [-0.3, -0.25) is 4.57 Å². The molecule has 0 amide bonds. The van der Waals surface area contributed by atoms with Crippen molar-refractivity contribution < 1.29 is 0 Å². The number of fused-ring (bicyclic) bond motifs is 1. The summed E-state index contributed by atoms with van der Waals surface area (Å²) in [7, 11) is 0. The van der Waals surface area contributed by atoms with Crippen molar-refractivity contribution in [3.05, 3.63) is 53.7 Å². The molecule has 19 heavy (non-hydrogen) atoms. The van der Waals surface area contributed by atoms with Crippen LogP contribution in [0.25, 0.3) is 11.2 Å². The van der Waals surface area contributed by atoms with Gasteiger partial charge >= 0.3 is 0 Å². The average molecular weight is 252 g/mol. The van der Waals surface area contributed by atoms with E-state index in [0.717, 1.165) is 11.2 Å². The number of nitrogens with zero attached hydrogens (tertiary/aromatic N) is 3. The van der Waals surface area contributed by atoms with Crippen LogP contribution in [0.3, 0.4) is 0 Å². The molecule has 2 aromatic heterocycles. The van der Waals surface area contributed by atoms with Gasteiger partial charge < -0.3 is 5.73 Å². The monoisotopic (exact) mass is 252 g/mol. The van der Waals surface area contributed by atoms with Gasteiger partial charge in [0.05, 0.1) is 6.04 Å². The third kappa shape index (κ3) is 1.85. The summed E-state index contributed by atoms with van der Waals surface area (Å²) in [4.78, 5) is 8.77. The number of hydrogen-bond acceptors (Lipinski definition) is 3. The van der Waals surface area contributed by atoms with Gasteiger partial charge in [-0.25, -0.2) is 9.97 Å². The number of pyridine rings is 1. The molecule has 0 spiro atoms. The van der Waals surface area contributed by atoms with E-state index in [-0.39, 0.29) is 6.04 Å². The average Bonchev–Trinajstić information content (AvgIpc) is 2.74. The van der Waals surface area contributed by atoms with Crippen molar-refractivity contribution in [2.24, 2.45) is 0 Å². The maximum Gasteiger partial charge on any atom is 0.203 e. The number of nitrogens with two attached hydrogens (primary N) is 1. The van der Waals surface area contributed by atoms with Crippen molar-refractivity contribution in [1.29, 1.82) is 0 Å². The maximum absolute atomic E-state index is 6.05. The topological polar surface area (TPSA) is 56.7 Å². The van der Waals surface area contributed by atoms with Gasteiger partial charge in [0.25, 0.3) is 0 Å². The SMILES string of the molecule is Cc1ccccc1C(C)n1c(N)nc2cccnc21. The Balaban J connectivity index is 2.19. The van der Waals surface area contributed by atoms with Gasteiger partial charge in [0.15, 0.2) is 5.65 Å². The van der Waals surface area contributed by atoms with Crippen molar-refractivity contribution in [1.82, 2.24) is 14.5 Å². The Morgan fingerprint density at radius 2 is 1.95 bits per heavy atom. The smallest absolute Gasteiger partial charge is 0.203 e. The molecule has 0 bridgehead atoms. The lowest BCUT2D eigenvalue weighted by Gasteiger charge is -2.17. The zero-order valence-corrected chi connectivity index (χ0v) is 11.0. The second kappa shape index (κ2) is 4.39. The number of benzene rings is 1. The zero-order chi connectivity index (χ0) is 13.4. The molecule has 1 unspecified atom stereocenters. The molecule has 1 aromatic carbocycles. The van der Waals surface area contributed by atoms with E-state index in [0.29, 0.717) is 5.95 Å². The summed E-state index contributed by atoms with van der Waals surface area (Å²) >= 11 is 0. The highest BCUT2D eigenvalue weighted by molar-refractivity contribution is 5.74. The molecule has 0 aliphatic rings. The van der Waals surface area contributed by atoms with E-state index >= 15 is 0 Å². The van der Waals surface area contributed by atoms with Gasteiger partial charge in [0.1, 0.15) is 5.52 Å². The Hall–Kier alpha value is -2.36. The van der Waals surface area contributed by atoms with E-state index in [1.54, 1.807) is 6.20 Å². The van der Waals surface area contributed by atoms with Gasteiger partial charge in [-0.05, 0) is 37.1 Å². The number of aromatic nitrogens is 3. The second-order valence-electron chi connectivity index (χ2n) is 4.72. The van der Waals surface area contributed by atoms with E-state index < -0.39 is 0 Å². The lowest BCUT2D eigenvalue weighted by molar-refractivity contribution is 0.658. The van der Waals surface area contributed by atoms with Crippen LogP contribution in [0, 0.1) is 6.92 Å². The number of hydrogen-bond donors (Lipinski definition) is 1. The van der Waals surface area contributed by atoms with Crippen LogP contribution in [-0.2, 0) is 0 Å². The van der Waals surface area contributed by atoms with Crippen LogP contribution in [0.1, 0.15) is 24.1 Å². The van der Waals surface area contributed by atoms with Crippen LogP contribution in [0.5, 0.6) is 0 Å². The lowest BCUT2D eigenvalue weighted by Crippen LogP contribution is -2.11. The minimum Gasteiger partial charge on any atom is -0.369 e. The van der Waals surface area contributed by atoms with Crippen molar-refractivity contribution in [2.45, 2.75) is 19.9 Å². The standard InChI is InChI=1S/C15H16N4/c1-10-6-3-4-7-12(10)11(2)19-14-13(18-15(19)16)8-5-9-17-14/h3-9,11H,1-2H3,(H2,16,18). The predicted molar refractivity (Wildman–Crippen MR) is 76.9 cm³/mol. The van der Waals surface area contributed by atoms with Gasteiger partial charge in [0, 0.05) is 6.20 Å². The van der Waals surface area contributed by atoms with E-state index in [1.165, 1.54) is 11.1 Å². The first-order chi connectivity index (χ1) is 9.18. The van der Waals surface area contributed by atoms with Crippen molar-refractivity contribution in [3.8, 4) is 0 Å². The number of aryl methyl sites for hydroxylation is 1. The molecular formula is C15H16N4. The quantitative estimate of drug-likeness (QED) is 0.763. The molecule has 3 aromatic rings. The minimum absolute atomic E-state index is 0.112. The van der Waals surface area contributed by atoms with Crippen LogP contribution in [0.15, 0.2) is 42.6 Å². The summed E-state index contributed by atoms with van der Waals surface area (Å²) < 4.78 is 1.98. The molecule has 0 radical (unpaired) electrons. The highest BCUT2D eigenvalue weighted by Gasteiger charge is 2.17. The van der Waals surface area contributed by atoms with E-state index in [1.807, 2.05) is 28.8 Å². The fraction of sp³-hybridized carbons (Fsp3) is 0.200. The summed E-state index contributed by atoms with van der Waals surface area (Å²) in [6, 6.07) is 12.2. The molecule has 2 N–H and O–H groups in total. The Kier molecular flexibility index (Phi) is 2.71. The van der Waals surface area contributed by atoms with Crippen molar-refractivity contribution in [3.63, 3.8) is 0 Å².